The second-order valence-corrected chi connectivity index (χ2v) is 9.09. The van der Waals surface area contributed by atoms with Crippen LogP contribution in [-0.2, 0) is 20.1 Å². The van der Waals surface area contributed by atoms with Crippen LogP contribution in [-0.4, -0.2) is 43.6 Å². The third-order valence-electron chi connectivity index (χ3n) is 4.99. The quantitative estimate of drug-likeness (QED) is 0.858. The minimum Gasteiger partial charge on any atom is -0.379 e. The summed E-state index contributed by atoms with van der Waals surface area (Å²) in [7, 11) is -3.26. The Morgan fingerprint density at radius 2 is 2.04 bits per heavy atom. The van der Waals surface area contributed by atoms with E-state index in [4.69, 9.17) is 4.74 Å². The van der Waals surface area contributed by atoms with E-state index in [1.807, 2.05) is 4.68 Å². The van der Waals surface area contributed by atoms with Crippen LogP contribution < -0.4 is 5.32 Å². The van der Waals surface area contributed by atoms with Crippen LogP contribution in [0, 0.1) is 0 Å². The molecule has 2 fully saturated rings. The number of benzene rings is 1. The van der Waals surface area contributed by atoms with Gasteiger partial charge in [-0.05, 0) is 30.5 Å². The van der Waals surface area contributed by atoms with E-state index in [0.717, 1.165) is 18.4 Å². The molecule has 2 aromatic rings. The Balaban J connectivity index is 1.58. The first-order chi connectivity index (χ1) is 12.4. The normalized spacial score (nSPS) is 23.1. The molecule has 0 bridgehead atoms. The van der Waals surface area contributed by atoms with Gasteiger partial charge in [0.1, 0.15) is 0 Å². The first-order valence-corrected chi connectivity index (χ1v) is 10.5. The standard InChI is InChI=1S/C18H21N3O4S/c1-26(23,24)16-6-2-14(3-7-16)18(8-9-25-12-18)20-17(22)13-10-19-21(11-13)15-4-5-15/h2-3,6-7,10-11,15H,4-5,8-9,12H2,1H3,(H,20,22). The lowest BCUT2D eigenvalue weighted by Gasteiger charge is -2.29. The molecule has 1 aromatic carbocycles. The van der Waals surface area contributed by atoms with Gasteiger partial charge in [0.05, 0.1) is 34.8 Å². The first-order valence-electron chi connectivity index (χ1n) is 8.62. The fourth-order valence-electron chi connectivity index (χ4n) is 3.27. The summed E-state index contributed by atoms with van der Waals surface area (Å²) in [4.78, 5) is 13.0. The number of nitrogens with zero attached hydrogens (tertiary/aromatic N) is 2. The SMILES string of the molecule is CS(=O)(=O)c1ccc(C2(NC(=O)c3cnn(C4CC4)c3)CCOC2)cc1. The van der Waals surface area contributed by atoms with E-state index >= 15 is 0 Å². The molecule has 4 rings (SSSR count). The third-order valence-corrected chi connectivity index (χ3v) is 6.12. The maximum atomic E-state index is 12.7. The molecule has 1 atom stereocenters. The number of carbonyl (C=O) groups is 1. The Morgan fingerprint density at radius 3 is 2.62 bits per heavy atom. The van der Waals surface area contributed by atoms with Crippen LogP contribution in [0.15, 0.2) is 41.6 Å². The van der Waals surface area contributed by atoms with E-state index < -0.39 is 15.4 Å². The molecular weight excluding hydrogens is 354 g/mol. The lowest BCUT2D eigenvalue weighted by molar-refractivity contribution is 0.0875. The van der Waals surface area contributed by atoms with E-state index in [9.17, 15) is 13.2 Å². The zero-order valence-electron chi connectivity index (χ0n) is 14.5. The molecular formula is C18H21N3O4S. The first kappa shape index (κ1) is 17.2. The topological polar surface area (TPSA) is 90.3 Å². The van der Waals surface area contributed by atoms with Crippen LogP contribution in [0.25, 0.3) is 0 Å². The fourth-order valence-corrected chi connectivity index (χ4v) is 3.90. The summed E-state index contributed by atoms with van der Waals surface area (Å²) >= 11 is 0. The number of amides is 1. The van der Waals surface area contributed by atoms with Gasteiger partial charge in [-0.3, -0.25) is 9.48 Å². The van der Waals surface area contributed by atoms with Crippen molar-refractivity contribution in [1.29, 1.82) is 0 Å². The number of hydrogen-bond acceptors (Lipinski definition) is 5. The second-order valence-electron chi connectivity index (χ2n) is 7.08. The molecule has 1 aromatic heterocycles. The Labute approximate surface area is 152 Å². The highest BCUT2D eigenvalue weighted by Crippen LogP contribution is 2.34. The van der Waals surface area contributed by atoms with Gasteiger partial charge in [-0.1, -0.05) is 12.1 Å². The molecule has 138 valence electrons. The lowest BCUT2D eigenvalue weighted by Crippen LogP contribution is -2.46. The van der Waals surface area contributed by atoms with E-state index in [1.54, 1.807) is 36.7 Å². The van der Waals surface area contributed by atoms with Crippen molar-refractivity contribution in [3.05, 3.63) is 47.8 Å². The van der Waals surface area contributed by atoms with Crippen molar-refractivity contribution in [1.82, 2.24) is 15.1 Å². The van der Waals surface area contributed by atoms with Crippen LogP contribution in [0.4, 0.5) is 0 Å². The second kappa shape index (κ2) is 6.21. The van der Waals surface area contributed by atoms with Gasteiger partial charge >= 0.3 is 0 Å². The maximum Gasteiger partial charge on any atom is 0.255 e. The van der Waals surface area contributed by atoms with Crippen molar-refractivity contribution in [2.75, 3.05) is 19.5 Å². The number of ether oxygens (including phenoxy) is 1. The Morgan fingerprint density at radius 1 is 1.31 bits per heavy atom. The molecule has 8 heteroatoms. The summed E-state index contributed by atoms with van der Waals surface area (Å²) in [5, 5.41) is 7.35. The van der Waals surface area contributed by atoms with Crippen LogP contribution in [0.1, 0.15) is 41.2 Å². The number of rotatable bonds is 5. The zero-order chi connectivity index (χ0) is 18.4. The van der Waals surface area contributed by atoms with Crippen molar-refractivity contribution in [2.45, 2.75) is 35.7 Å². The molecule has 1 saturated carbocycles. The number of carbonyl (C=O) groups excluding carboxylic acids is 1. The van der Waals surface area contributed by atoms with Crippen molar-refractivity contribution in [3.63, 3.8) is 0 Å². The smallest absolute Gasteiger partial charge is 0.255 e. The summed E-state index contributed by atoms with van der Waals surface area (Å²) < 4.78 is 30.7. The number of hydrogen-bond donors (Lipinski definition) is 1. The average Bonchev–Trinajstić information content (AvgIpc) is 3.15. The number of nitrogens with one attached hydrogen (secondary N) is 1. The van der Waals surface area contributed by atoms with Crippen molar-refractivity contribution >= 4 is 15.7 Å². The molecule has 1 unspecified atom stereocenters. The van der Waals surface area contributed by atoms with E-state index in [2.05, 4.69) is 10.4 Å². The Kier molecular flexibility index (Phi) is 4.11. The van der Waals surface area contributed by atoms with Crippen molar-refractivity contribution < 1.29 is 17.9 Å². The predicted octanol–water partition coefficient (Wildman–Crippen LogP) is 1.67. The summed E-state index contributed by atoms with van der Waals surface area (Å²) in [6.07, 6.45) is 7.39. The van der Waals surface area contributed by atoms with Gasteiger partial charge in [0, 0.05) is 25.5 Å². The van der Waals surface area contributed by atoms with Gasteiger partial charge in [-0.2, -0.15) is 5.10 Å². The van der Waals surface area contributed by atoms with Gasteiger partial charge in [0.25, 0.3) is 5.91 Å². The lowest BCUT2D eigenvalue weighted by atomic mass is 9.89. The molecule has 0 radical (unpaired) electrons. The van der Waals surface area contributed by atoms with Crippen LogP contribution in [0.5, 0.6) is 0 Å². The molecule has 1 amide bonds. The molecule has 7 nitrogen and oxygen atoms in total. The van der Waals surface area contributed by atoms with Crippen molar-refractivity contribution in [3.8, 4) is 0 Å². The highest BCUT2D eigenvalue weighted by atomic mass is 32.2. The number of sulfone groups is 1. The average molecular weight is 375 g/mol. The summed E-state index contributed by atoms with van der Waals surface area (Å²) in [5.74, 6) is -0.199. The molecule has 26 heavy (non-hydrogen) atoms. The van der Waals surface area contributed by atoms with E-state index in [-0.39, 0.29) is 10.8 Å². The zero-order valence-corrected chi connectivity index (χ0v) is 15.3. The summed E-state index contributed by atoms with van der Waals surface area (Å²) in [6.45, 7) is 0.892. The fraction of sp³-hybridized carbons (Fsp3) is 0.444. The van der Waals surface area contributed by atoms with E-state index in [0.29, 0.717) is 31.2 Å². The molecule has 2 heterocycles. The molecule has 0 spiro atoms. The Bertz CT molecular complexity index is 924. The van der Waals surface area contributed by atoms with Gasteiger partial charge in [0.15, 0.2) is 9.84 Å². The number of aromatic nitrogens is 2. The highest BCUT2D eigenvalue weighted by Gasteiger charge is 2.39. The summed E-state index contributed by atoms with van der Waals surface area (Å²) in [5.41, 5.74) is 0.704. The monoisotopic (exact) mass is 375 g/mol. The minimum absolute atomic E-state index is 0.199. The van der Waals surface area contributed by atoms with Gasteiger partial charge < -0.3 is 10.1 Å². The molecule has 2 aliphatic rings. The van der Waals surface area contributed by atoms with Crippen molar-refractivity contribution in [2.24, 2.45) is 0 Å². The summed E-state index contributed by atoms with van der Waals surface area (Å²) in [6, 6.07) is 7.06. The minimum atomic E-state index is -3.26. The van der Waals surface area contributed by atoms with Crippen LogP contribution >= 0.6 is 0 Å². The molecule has 1 N–H and O–H groups in total. The predicted molar refractivity (Wildman–Crippen MR) is 94.6 cm³/mol. The highest BCUT2D eigenvalue weighted by molar-refractivity contribution is 7.90. The van der Waals surface area contributed by atoms with E-state index in [1.165, 1.54) is 6.26 Å². The van der Waals surface area contributed by atoms with Gasteiger partial charge in [-0.15, -0.1) is 0 Å². The Hall–Kier alpha value is -2.19. The maximum absolute atomic E-state index is 12.7. The molecule has 1 aliphatic heterocycles. The van der Waals surface area contributed by atoms with Crippen LogP contribution in [0.2, 0.25) is 0 Å². The third kappa shape index (κ3) is 3.26. The van der Waals surface area contributed by atoms with Gasteiger partial charge in [0.2, 0.25) is 0 Å². The largest absolute Gasteiger partial charge is 0.379 e. The van der Waals surface area contributed by atoms with Gasteiger partial charge in [-0.25, -0.2) is 8.42 Å². The molecule has 1 aliphatic carbocycles. The van der Waals surface area contributed by atoms with Crippen LogP contribution in [0.3, 0.4) is 0 Å². The molecule has 1 saturated heterocycles.